The van der Waals surface area contributed by atoms with Gasteiger partial charge in [0.1, 0.15) is 11.6 Å². The third-order valence-corrected chi connectivity index (χ3v) is 4.99. The SMILES string of the molecule is COC(=O)C1c2nc(C(F)(F)F)cn2CCN1C(=O)C[C@H](N)Cc1cc(F)c(F)cc1F.Cl.Cl. The van der Waals surface area contributed by atoms with Crippen LogP contribution in [0.1, 0.15) is 29.5 Å². The number of benzene rings is 1. The first-order valence-electron chi connectivity index (χ1n) is 9.33. The fourth-order valence-corrected chi connectivity index (χ4v) is 3.48. The second-order valence-electron chi connectivity index (χ2n) is 7.21. The van der Waals surface area contributed by atoms with E-state index in [1.165, 1.54) is 0 Å². The molecule has 1 amide bonds. The zero-order chi connectivity index (χ0) is 23.8. The van der Waals surface area contributed by atoms with Crippen LogP contribution < -0.4 is 5.73 Å². The number of hydrogen-bond donors (Lipinski definition) is 1. The number of nitrogens with zero attached hydrogens (tertiary/aromatic N) is 3. The molecule has 1 aromatic carbocycles. The normalized spacial score (nSPS) is 16.1. The number of ether oxygens (including phenoxy) is 1. The summed E-state index contributed by atoms with van der Waals surface area (Å²) in [6.07, 6.45) is -4.78. The van der Waals surface area contributed by atoms with Crippen molar-refractivity contribution in [2.24, 2.45) is 5.73 Å². The number of aromatic nitrogens is 2. The lowest BCUT2D eigenvalue weighted by atomic mass is 10.0. The summed E-state index contributed by atoms with van der Waals surface area (Å²) in [5, 5.41) is 0. The number of fused-ring (bicyclic) bond motifs is 1. The molecule has 190 valence electrons. The van der Waals surface area contributed by atoms with Crippen LogP contribution in [0.4, 0.5) is 26.3 Å². The van der Waals surface area contributed by atoms with E-state index >= 15 is 0 Å². The minimum absolute atomic E-state index is 0. The Morgan fingerprint density at radius 3 is 2.35 bits per heavy atom. The van der Waals surface area contributed by atoms with Gasteiger partial charge in [-0.3, -0.25) is 4.79 Å². The first-order valence-corrected chi connectivity index (χ1v) is 9.33. The van der Waals surface area contributed by atoms with Gasteiger partial charge in [0.25, 0.3) is 0 Å². The van der Waals surface area contributed by atoms with Crippen LogP contribution in [0.15, 0.2) is 18.3 Å². The quantitative estimate of drug-likeness (QED) is 0.360. The number of carbonyl (C=O) groups excluding carboxylic acids is 2. The molecule has 3 rings (SSSR count). The highest BCUT2D eigenvalue weighted by molar-refractivity contribution is 5.86. The lowest BCUT2D eigenvalue weighted by Gasteiger charge is -2.34. The van der Waals surface area contributed by atoms with Crippen LogP contribution in [-0.2, 0) is 33.5 Å². The Kier molecular flexibility index (Phi) is 9.79. The van der Waals surface area contributed by atoms with Crippen molar-refractivity contribution in [3.63, 3.8) is 0 Å². The van der Waals surface area contributed by atoms with E-state index in [4.69, 9.17) is 5.73 Å². The lowest BCUT2D eigenvalue weighted by Crippen LogP contribution is -2.47. The molecule has 1 aromatic heterocycles. The summed E-state index contributed by atoms with van der Waals surface area (Å²) >= 11 is 0. The van der Waals surface area contributed by atoms with E-state index in [-0.39, 0.29) is 55.7 Å². The molecule has 1 unspecified atom stereocenters. The maximum atomic E-state index is 13.8. The fraction of sp³-hybridized carbons (Fsp3) is 0.421. The number of carbonyl (C=O) groups is 2. The maximum absolute atomic E-state index is 13.8. The topological polar surface area (TPSA) is 90.5 Å². The van der Waals surface area contributed by atoms with E-state index in [2.05, 4.69) is 9.72 Å². The Balaban J connectivity index is 0.00000289. The van der Waals surface area contributed by atoms with Gasteiger partial charge >= 0.3 is 12.1 Å². The molecule has 0 radical (unpaired) electrons. The van der Waals surface area contributed by atoms with Gasteiger partial charge < -0.3 is 19.9 Å². The Morgan fingerprint density at radius 2 is 1.76 bits per heavy atom. The largest absolute Gasteiger partial charge is 0.467 e. The molecule has 2 atom stereocenters. The van der Waals surface area contributed by atoms with Crippen LogP contribution in [-0.4, -0.2) is 46.0 Å². The van der Waals surface area contributed by atoms with Gasteiger partial charge in [-0.25, -0.2) is 22.9 Å². The molecule has 0 aliphatic carbocycles. The number of imidazole rings is 1. The highest BCUT2D eigenvalue weighted by atomic mass is 35.5. The number of esters is 1. The highest BCUT2D eigenvalue weighted by Crippen LogP contribution is 2.33. The molecular formula is C19H20Cl2F6N4O3. The second kappa shape index (κ2) is 11.3. The fourth-order valence-electron chi connectivity index (χ4n) is 3.48. The first-order chi connectivity index (χ1) is 14.9. The predicted molar refractivity (Wildman–Crippen MR) is 111 cm³/mol. The van der Waals surface area contributed by atoms with Gasteiger partial charge in [0.2, 0.25) is 5.91 Å². The third kappa shape index (κ3) is 6.13. The number of nitrogens with two attached hydrogens (primary N) is 1. The van der Waals surface area contributed by atoms with Gasteiger partial charge in [-0.05, 0) is 18.1 Å². The highest BCUT2D eigenvalue weighted by Gasteiger charge is 2.42. The maximum Gasteiger partial charge on any atom is 0.434 e. The molecule has 2 heterocycles. The molecule has 1 aliphatic rings. The van der Waals surface area contributed by atoms with E-state index < -0.39 is 59.7 Å². The zero-order valence-corrected chi connectivity index (χ0v) is 19.1. The molecule has 1 aliphatic heterocycles. The number of rotatable bonds is 5. The van der Waals surface area contributed by atoms with Crippen molar-refractivity contribution in [1.82, 2.24) is 14.5 Å². The molecule has 2 aromatic rings. The van der Waals surface area contributed by atoms with Crippen LogP contribution in [0.2, 0.25) is 0 Å². The van der Waals surface area contributed by atoms with Crippen LogP contribution in [0, 0.1) is 17.5 Å². The second-order valence-corrected chi connectivity index (χ2v) is 7.21. The minimum atomic E-state index is -4.75. The summed E-state index contributed by atoms with van der Waals surface area (Å²) in [5.41, 5.74) is 4.39. The molecule has 2 N–H and O–H groups in total. The Hall–Kier alpha value is -2.51. The Bertz CT molecular complexity index is 1050. The summed E-state index contributed by atoms with van der Waals surface area (Å²) in [4.78, 5) is 29.5. The number of amides is 1. The molecule has 7 nitrogen and oxygen atoms in total. The standard InChI is InChI=1S/C19H18F6N4O3.2ClH/c1-32-18(31)16-17-27-14(19(23,24)25)8-28(17)2-3-29(16)15(30)6-10(26)4-9-5-12(21)13(22)7-11(9)20;;/h5,7-8,10,16H,2-4,6,26H2,1H3;2*1H/t10-,16?;;/m1../s1. The summed E-state index contributed by atoms with van der Waals surface area (Å²) in [5.74, 6) is -5.74. The number of halogens is 8. The van der Waals surface area contributed by atoms with Crippen molar-refractivity contribution in [2.45, 2.75) is 37.6 Å². The first kappa shape index (κ1) is 29.5. The molecular weight excluding hydrogens is 517 g/mol. The van der Waals surface area contributed by atoms with E-state index in [0.717, 1.165) is 22.8 Å². The molecule has 0 bridgehead atoms. The summed E-state index contributed by atoms with van der Waals surface area (Å²) in [6.45, 7) is -0.198. The number of alkyl halides is 3. The van der Waals surface area contributed by atoms with Gasteiger partial charge in [0.15, 0.2) is 23.4 Å². The smallest absolute Gasteiger partial charge is 0.434 e. The molecule has 0 fully saturated rings. The van der Waals surface area contributed by atoms with E-state index in [1.807, 2.05) is 0 Å². The zero-order valence-electron chi connectivity index (χ0n) is 17.4. The molecule has 34 heavy (non-hydrogen) atoms. The predicted octanol–water partition coefficient (Wildman–Crippen LogP) is 3.18. The van der Waals surface area contributed by atoms with Crippen molar-refractivity contribution < 1.29 is 40.7 Å². The molecule has 0 spiro atoms. The van der Waals surface area contributed by atoms with E-state index in [9.17, 15) is 35.9 Å². The molecule has 0 saturated carbocycles. The van der Waals surface area contributed by atoms with Crippen LogP contribution in [0.25, 0.3) is 0 Å². The monoisotopic (exact) mass is 536 g/mol. The van der Waals surface area contributed by atoms with Gasteiger partial charge in [0.05, 0.1) is 7.11 Å². The minimum Gasteiger partial charge on any atom is -0.467 e. The average Bonchev–Trinajstić information content (AvgIpc) is 3.15. The van der Waals surface area contributed by atoms with Crippen LogP contribution in [0.3, 0.4) is 0 Å². The molecule has 15 heteroatoms. The van der Waals surface area contributed by atoms with Crippen LogP contribution >= 0.6 is 24.8 Å². The third-order valence-electron chi connectivity index (χ3n) is 4.99. The van der Waals surface area contributed by atoms with Gasteiger partial charge in [0, 0.05) is 37.8 Å². The summed E-state index contributed by atoms with van der Waals surface area (Å²) in [6, 6.07) is -1.60. The van der Waals surface area contributed by atoms with Crippen molar-refractivity contribution in [3.8, 4) is 0 Å². The van der Waals surface area contributed by atoms with Crippen molar-refractivity contribution in [3.05, 3.63) is 52.9 Å². The summed E-state index contributed by atoms with van der Waals surface area (Å²) < 4.78 is 85.1. The average molecular weight is 537 g/mol. The van der Waals surface area contributed by atoms with Gasteiger partial charge in [-0.1, -0.05) is 0 Å². The van der Waals surface area contributed by atoms with Crippen molar-refractivity contribution in [1.29, 1.82) is 0 Å². The number of hydrogen-bond acceptors (Lipinski definition) is 5. The van der Waals surface area contributed by atoms with E-state index in [1.54, 1.807) is 0 Å². The Labute approximate surface area is 202 Å². The van der Waals surface area contributed by atoms with Crippen molar-refractivity contribution >= 4 is 36.7 Å². The van der Waals surface area contributed by atoms with Gasteiger partial charge in [-0.2, -0.15) is 13.2 Å². The molecule has 0 saturated heterocycles. The van der Waals surface area contributed by atoms with Gasteiger partial charge in [-0.15, -0.1) is 24.8 Å². The Morgan fingerprint density at radius 1 is 1.15 bits per heavy atom. The van der Waals surface area contributed by atoms with Crippen molar-refractivity contribution in [2.75, 3.05) is 13.7 Å². The van der Waals surface area contributed by atoms with E-state index in [0.29, 0.717) is 12.1 Å². The summed E-state index contributed by atoms with van der Waals surface area (Å²) in [7, 11) is 1.01. The lowest BCUT2D eigenvalue weighted by molar-refractivity contribution is -0.155. The number of methoxy groups -OCH3 is 1. The van der Waals surface area contributed by atoms with Crippen LogP contribution in [0.5, 0.6) is 0 Å².